The van der Waals surface area contributed by atoms with E-state index in [-0.39, 0.29) is 17.1 Å². The van der Waals surface area contributed by atoms with Gasteiger partial charge in [0.2, 0.25) is 0 Å². The van der Waals surface area contributed by atoms with Crippen molar-refractivity contribution in [3.05, 3.63) is 83.2 Å². The molecule has 0 bridgehead atoms. The van der Waals surface area contributed by atoms with Crippen molar-refractivity contribution in [2.75, 3.05) is 5.32 Å². The van der Waals surface area contributed by atoms with Gasteiger partial charge in [-0.1, -0.05) is 52.0 Å². The maximum absolute atomic E-state index is 13.0. The number of Topliss-reactive ketones (excluding diaryl/α,β-unsaturated/α-hetero) is 1. The van der Waals surface area contributed by atoms with Gasteiger partial charge in [-0.2, -0.15) is 5.10 Å². The minimum Gasteiger partial charge on any atom is -0.322 e. The lowest BCUT2D eigenvalue weighted by Crippen LogP contribution is -2.15. The van der Waals surface area contributed by atoms with Crippen molar-refractivity contribution in [3.8, 4) is 11.3 Å². The predicted molar refractivity (Wildman–Crippen MR) is 140 cm³/mol. The molecule has 2 aromatic carbocycles. The number of amides is 1. The molecule has 2 aromatic heterocycles. The molecule has 1 amide bonds. The first kappa shape index (κ1) is 24.3. The summed E-state index contributed by atoms with van der Waals surface area (Å²) in [6, 6.07) is 15.4. The van der Waals surface area contributed by atoms with Gasteiger partial charge in [0.25, 0.3) is 5.91 Å². The number of benzene rings is 2. The number of anilines is 1. The van der Waals surface area contributed by atoms with Gasteiger partial charge in [-0.15, -0.1) is 0 Å². The van der Waals surface area contributed by atoms with Crippen LogP contribution in [0.4, 0.5) is 5.69 Å². The summed E-state index contributed by atoms with van der Waals surface area (Å²) in [6.45, 7) is 10.4. The summed E-state index contributed by atoms with van der Waals surface area (Å²) in [5, 5.41) is 7.77. The summed E-state index contributed by atoms with van der Waals surface area (Å²) in [6.07, 6.45) is 5.16. The number of imidazole rings is 1. The average molecular weight is 469 g/mol. The van der Waals surface area contributed by atoms with Gasteiger partial charge in [-0.25, -0.2) is 9.50 Å². The highest BCUT2D eigenvalue weighted by atomic mass is 16.1. The van der Waals surface area contributed by atoms with E-state index in [9.17, 15) is 9.59 Å². The van der Waals surface area contributed by atoms with E-state index < -0.39 is 0 Å². The molecule has 0 aliphatic rings. The number of fused-ring (bicyclic) bond motifs is 1. The second-order valence-electron chi connectivity index (χ2n) is 9.98. The van der Waals surface area contributed by atoms with Crippen molar-refractivity contribution in [2.45, 2.75) is 59.3 Å². The second kappa shape index (κ2) is 9.82. The third-order valence-electron chi connectivity index (χ3n) is 6.22. The molecule has 0 saturated carbocycles. The lowest BCUT2D eigenvalue weighted by atomic mass is 9.86. The van der Waals surface area contributed by atoms with Gasteiger partial charge in [-0.3, -0.25) is 9.59 Å². The van der Waals surface area contributed by atoms with Crippen LogP contribution in [0.5, 0.6) is 0 Å². The molecule has 4 rings (SSSR count). The van der Waals surface area contributed by atoms with E-state index in [1.165, 1.54) is 5.56 Å². The van der Waals surface area contributed by atoms with E-state index >= 15 is 0 Å². The summed E-state index contributed by atoms with van der Waals surface area (Å²) in [7, 11) is 0. The quantitative estimate of drug-likeness (QED) is 0.352. The van der Waals surface area contributed by atoms with Gasteiger partial charge < -0.3 is 5.32 Å². The fourth-order valence-corrected chi connectivity index (χ4v) is 4.19. The van der Waals surface area contributed by atoms with E-state index in [1.54, 1.807) is 16.9 Å². The fourth-order valence-electron chi connectivity index (χ4n) is 4.19. The third kappa shape index (κ3) is 5.32. The van der Waals surface area contributed by atoms with E-state index in [0.717, 1.165) is 34.5 Å². The Labute approximate surface area is 206 Å². The van der Waals surface area contributed by atoms with Crippen LogP contribution in [-0.2, 0) is 16.6 Å². The first-order valence-corrected chi connectivity index (χ1v) is 12.0. The zero-order valence-electron chi connectivity index (χ0n) is 21.1. The number of rotatable bonds is 7. The van der Waals surface area contributed by atoms with Crippen LogP contribution in [0, 0.1) is 6.92 Å². The number of carbonyl (C=O) groups is 2. The molecule has 1 N–H and O–H groups in total. The summed E-state index contributed by atoms with van der Waals surface area (Å²) >= 11 is 0. The molecule has 4 aromatic rings. The van der Waals surface area contributed by atoms with Gasteiger partial charge in [0.1, 0.15) is 5.78 Å². The first-order valence-electron chi connectivity index (χ1n) is 12.0. The van der Waals surface area contributed by atoms with E-state index in [0.29, 0.717) is 24.1 Å². The van der Waals surface area contributed by atoms with Gasteiger partial charge >= 0.3 is 0 Å². The number of carbonyl (C=O) groups excluding carboxylic acids is 2. The van der Waals surface area contributed by atoms with Crippen molar-refractivity contribution < 1.29 is 9.59 Å². The monoisotopic (exact) mass is 468 g/mol. The van der Waals surface area contributed by atoms with Crippen molar-refractivity contribution in [1.82, 2.24) is 14.6 Å². The largest absolute Gasteiger partial charge is 0.322 e. The molecule has 6 heteroatoms. The summed E-state index contributed by atoms with van der Waals surface area (Å²) < 4.78 is 1.71. The molecule has 2 heterocycles. The average Bonchev–Trinajstić information content (AvgIpc) is 3.29. The van der Waals surface area contributed by atoms with E-state index in [4.69, 9.17) is 5.10 Å². The first-order chi connectivity index (χ1) is 16.7. The number of hydrogen-bond donors (Lipinski definition) is 1. The molecule has 6 nitrogen and oxygen atoms in total. The van der Waals surface area contributed by atoms with Crippen molar-refractivity contribution in [3.63, 3.8) is 0 Å². The molecule has 0 atom stereocenters. The number of hydrogen-bond acceptors (Lipinski definition) is 4. The lowest BCUT2D eigenvalue weighted by Gasteiger charge is -2.19. The van der Waals surface area contributed by atoms with Gasteiger partial charge in [0.15, 0.2) is 5.65 Å². The zero-order chi connectivity index (χ0) is 25.2. The maximum Gasteiger partial charge on any atom is 0.255 e. The van der Waals surface area contributed by atoms with Crippen molar-refractivity contribution >= 4 is 23.0 Å². The highest BCUT2D eigenvalue weighted by molar-refractivity contribution is 6.05. The minimum absolute atomic E-state index is 0.0310. The van der Waals surface area contributed by atoms with Crippen LogP contribution in [0.1, 0.15) is 67.6 Å². The number of ketones is 1. The highest BCUT2D eigenvalue weighted by Gasteiger charge is 2.17. The number of aromatic nitrogens is 3. The zero-order valence-corrected chi connectivity index (χ0v) is 21.1. The third-order valence-corrected chi connectivity index (χ3v) is 6.22. The Morgan fingerprint density at radius 1 is 1.06 bits per heavy atom. The Morgan fingerprint density at radius 2 is 1.80 bits per heavy atom. The van der Waals surface area contributed by atoms with Crippen LogP contribution in [0.15, 0.2) is 60.9 Å². The molecular weight excluding hydrogens is 436 g/mol. The van der Waals surface area contributed by atoms with E-state index in [1.807, 2.05) is 62.4 Å². The molecule has 0 spiro atoms. The van der Waals surface area contributed by atoms with Crippen molar-refractivity contribution in [2.24, 2.45) is 0 Å². The van der Waals surface area contributed by atoms with Crippen LogP contribution < -0.4 is 5.32 Å². The maximum atomic E-state index is 13.0. The fraction of sp³-hybridized carbons (Fsp3) is 0.310. The SMILES string of the molecule is CCCC(=O)Cc1cc(-c2cccc(NC(=O)c3ccc(C(C)(C)C)cc3)c2C)nn2ccnc12. The number of nitrogens with zero attached hydrogens (tertiary/aromatic N) is 3. The second-order valence-corrected chi connectivity index (χ2v) is 9.98. The Morgan fingerprint density at radius 3 is 2.49 bits per heavy atom. The summed E-state index contributed by atoms with van der Waals surface area (Å²) in [5.41, 5.74) is 6.63. The van der Waals surface area contributed by atoms with Crippen LogP contribution in [-0.4, -0.2) is 26.3 Å². The molecule has 35 heavy (non-hydrogen) atoms. The minimum atomic E-state index is -0.158. The van der Waals surface area contributed by atoms with Gasteiger partial charge in [-0.05, 0) is 54.2 Å². The molecule has 180 valence electrons. The highest BCUT2D eigenvalue weighted by Crippen LogP contribution is 2.29. The summed E-state index contributed by atoms with van der Waals surface area (Å²) in [4.78, 5) is 29.7. The van der Waals surface area contributed by atoms with Crippen LogP contribution >= 0.6 is 0 Å². The van der Waals surface area contributed by atoms with E-state index in [2.05, 4.69) is 31.1 Å². The molecular formula is C29H32N4O2. The molecule has 0 unspecified atom stereocenters. The van der Waals surface area contributed by atoms with Gasteiger partial charge in [0.05, 0.1) is 5.69 Å². The smallest absolute Gasteiger partial charge is 0.255 e. The Kier molecular flexibility index (Phi) is 6.83. The topological polar surface area (TPSA) is 76.4 Å². The Bertz CT molecular complexity index is 1380. The van der Waals surface area contributed by atoms with Crippen LogP contribution in [0.3, 0.4) is 0 Å². The van der Waals surface area contributed by atoms with Crippen LogP contribution in [0.25, 0.3) is 16.9 Å². The molecule has 0 radical (unpaired) electrons. The van der Waals surface area contributed by atoms with Gasteiger partial charge in [0, 0.05) is 47.6 Å². The Balaban J connectivity index is 1.64. The summed E-state index contributed by atoms with van der Waals surface area (Å²) in [5.74, 6) is 0.0272. The number of nitrogens with one attached hydrogen (secondary N) is 1. The lowest BCUT2D eigenvalue weighted by molar-refractivity contribution is -0.118. The van der Waals surface area contributed by atoms with Crippen LogP contribution in [0.2, 0.25) is 0 Å². The molecule has 0 saturated heterocycles. The molecule has 0 aliphatic heterocycles. The van der Waals surface area contributed by atoms with Crippen molar-refractivity contribution in [1.29, 1.82) is 0 Å². The standard InChI is InChI=1S/C29H32N4O2/c1-6-8-23(34)17-21-18-26(32-33-16-15-30-27(21)33)24-9-7-10-25(19(24)2)31-28(35)20-11-13-22(14-12-20)29(3,4)5/h7,9-16,18H,6,8,17H2,1-5H3,(H,31,35). The normalized spacial score (nSPS) is 11.6. The Hall–Kier alpha value is -3.80. The molecule has 0 fully saturated rings. The predicted octanol–water partition coefficient (Wildman–Crippen LogP) is 6.17. The molecule has 0 aliphatic carbocycles.